The van der Waals surface area contributed by atoms with E-state index in [0.29, 0.717) is 30.5 Å². The number of amides is 1. The number of nitrogens with zero attached hydrogens (tertiary/aromatic N) is 2. The highest BCUT2D eigenvalue weighted by Crippen LogP contribution is 2.10. The molecular weight excluding hydrogens is 268 g/mol. The van der Waals surface area contributed by atoms with Crippen molar-refractivity contribution in [1.29, 1.82) is 0 Å². The lowest BCUT2D eigenvalue weighted by Gasteiger charge is -2.08. The number of methoxy groups -OCH3 is 1. The zero-order valence-corrected chi connectivity index (χ0v) is 12.1. The Morgan fingerprint density at radius 2 is 1.95 bits per heavy atom. The highest BCUT2D eigenvalue weighted by Gasteiger charge is 2.04. The van der Waals surface area contributed by atoms with Crippen molar-refractivity contribution in [2.24, 2.45) is 0 Å². The van der Waals surface area contributed by atoms with Crippen LogP contribution in [0.25, 0.3) is 0 Å². The van der Waals surface area contributed by atoms with Gasteiger partial charge < -0.3 is 15.4 Å². The lowest BCUT2D eigenvalue weighted by atomic mass is 10.2. The Hall–Kier alpha value is -2.63. The van der Waals surface area contributed by atoms with Crippen LogP contribution in [0.2, 0.25) is 0 Å². The SMILES string of the molecule is COc1cc(C)nc(NCCNC(=O)c2ccccc2)n1. The van der Waals surface area contributed by atoms with Crippen LogP contribution in [-0.4, -0.2) is 36.1 Å². The lowest BCUT2D eigenvalue weighted by Crippen LogP contribution is -2.29. The maximum Gasteiger partial charge on any atom is 0.251 e. The highest BCUT2D eigenvalue weighted by atomic mass is 16.5. The number of anilines is 1. The fourth-order valence-electron chi connectivity index (χ4n) is 1.77. The number of carbonyl (C=O) groups excluding carboxylic acids is 1. The molecule has 0 unspecified atom stereocenters. The fourth-order valence-corrected chi connectivity index (χ4v) is 1.77. The molecule has 0 radical (unpaired) electrons. The average Bonchev–Trinajstić information content (AvgIpc) is 2.51. The Bertz CT molecular complexity index is 602. The van der Waals surface area contributed by atoms with Gasteiger partial charge in [0.25, 0.3) is 5.91 Å². The molecule has 0 aliphatic rings. The van der Waals surface area contributed by atoms with Crippen molar-refractivity contribution in [3.05, 3.63) is 47.7 Å². The Labute approximate surface area is 123 Å². The number of rotatable bonds is 6. The molecule has 1 amide bonds. The van der Waals surface area contributed by atoms with Crippen LogP contribution < -0.4 is 15.4 Å². The Kier molecular flexibility index (Phi) is 5.09. The molecule has 21 heavy (non-hydrogen) atoms. The summed E-state index contributed by atoms with van der Waals surface area (Å²) in [6.45, 7) is 2.88. The quantitative estimate of drug-likeness (QED) is 0.789. The first kappa shape index (κ1) is 14.8. The van der Waals surface area contributed by atoms with Crippen LogP contribution >= 0.6 is 0 Å². The lowest BCUT2D eigenvalue weighted by molar-refractivity contribution is 0.0955. The second-order valence-electron chi connectivity index (χ2n) is 4.42. The van der Waals surface area contributed by atoms with Crippen LogP contribution in [0, 0.1) is 6.92 Å². The Balaban J connectivity index is 1.80. The molecule has 1 aromatic carbocycles. The van der Waals surface area contributed by atoms with Gasteiger partial charge in [-0.1, -0.05) is 18.2 Å². The molecule has 2 N–H and O–H groups in total. The van der Waals surface area contributed by atoms with Gasteiger partial charge in [0.15, 0.2) is 0 Å². The molecule has 0 fully saturated rings. The molecule has 0 spiro atoms. The van der Waals surface area contributed by atoms with Crippen LogP contribution in [0.1, 0.15) is 16.1 Å². The Morgan fingerprint density at radius 3 is 2.67 bits per heavy atom. The zero-order chi connectivity index (χ0) is 15.1. The standard InChI is InChI=1S/C15H18N4O2/c1-11-10-13(21-2)19-15(18-11)17-9-8-16-14(20)12-6-4-3-5-7-12/h3-7,10H,8-9H2,1-2H3,(H,16,20)(H,17,18,19). The van der Waals surface area contributed by atoms with Crippen LogP contribution in [0.4, 0.5) is 5.95 Å². The summed E-state index contributed by atoms with van der Waals surface area (Å²) >= 11 is 0. The van der Waals surface area contributed by atoms with Gasteiger partial charge in [-0.15, -0.1) is 0 Å². The Morgan fingerprint density at radius 1 is 1.19 bits per heavy atom. The van der Waals surface area contributed by atoms with Crippen LogP contribution in [-0.2, 0) is 0 Å². The molecule has 0 aliphatic carbocycles. The number of carbonyl (C=O) groups is 1. The first-order valence-electron chi connectivity index (χ1n) is 6.66. The predicted octanol–water partition coefficient (Wildman–Crippen LogP) is 1.64. The normalized spacial score (nSPS) is 10.0. The van der Waals surface area contributed by atoms with Gasteiger partial charge in [-0.2, -0.15) is 4.98 Å². The van der Waals surface area contributed by atoms with Crippen LogP contribution in [0.5, 0.6) is 5.88 Å². The topological polar surface area (TPSA) is 76.1 Å². The summed E-state index contributed by atoms with van der Waals surface area (Å²) in [4.78, 5) is 20.2. The van der Waals surface area contributed by atoms with Crippen molar-refractivity contribution in [1.82, 2.24) is 15.3 Å². The van der Waals surface area contributed by atoms with Gasteiger partial charge in [0.2, 0.25) is 11.8 Å². The third-order valence-corrected chi connectivity index (χ3v) is 2.77. The number of nitrogens with one attached hydrogen (secondary N) is 2. The van der Waals surface area contributed by atoms with Gasteiger partial charge in [0.1, 0.15) is 0 Å². The molecule has 1 heterocycles. The summed E-state index contributed by atoms with van der Waals surface area (Å²) in [6, 6.07) is 10.8. The van der Waals surface area contributed by atoms with E-state index in [4.69, 9.17) is 4.74 Å². The number of benzene rings is 1. The van der Waals surface area contributed by atoms with Crippen molar-refractivity contribution < 1.29 is 9.53 Å². The minimum atomic E-state index is -0.0971. The van der Waals surface area contributed by atoms with E-state index in [1.807, 2.05) is 25.1 Å². The number of aromatic nitrogens is 2. The minimum absolute atomic E-state index is 0.0971. The third kappa shape index (κ3) is 4.45. The van der Waals surface area contributed by atoms with Gasteiger partial charge in [-0.05, 0) is 19.1 Å². The van der Waals surface area contributed by atoms with Gasteiger partial charge in [0.05, 0.1) is 7.11 Å². The molecule has 110 valence electrons. The maximum absolute atomic E-state index is 11.8. The van der Waals surface area contributed by atoms with Crippen LogP contribution in [0.3, 0.4) is 0 Å². The van der Waals surface area contributed by atoms with Crippen molar-refractivity contribution in [2.75, 3.05) is 25.5 Å². The molecule has 2 rings (SSSR count). The molecule has 0 bridgehead atoms. The summed E-state index contributed by atoms with van der Waals surface area (Å²) in [5.41, 5.74) is 1.46. The number of aryl methyl sites for hydroxylation is 1. The number of hydrogen-bond acceptors (Lipinski definition) is 5. The predicted molar refractivity (Wildman–Crippen MR) is 80.6 cm³/mol. The van der Waals surface area contributed by atoms with Gasteiger partial charge in [0, 0.05) is 30.4 Å². The smallest absolute Gasteiger partial charge is 0.251 e. The zero-order valence-electron chi connectivity index (χ0n) is 12.1. The van der Waals surface area contributed by atoms with E-state index in [1.165, 1.54) is 0 Å². The van der Waals surface area contributed by atoms with Gasteiger partial charge in [-0.25, -0.2) is 4.98 Å². The largest absolute Gasteiger partial charge is 0.481 e. The van der Waals surface area contributed by atoms with E-state index >= 15 is 0 Å². The molecule has 2 aromatic rings. The molecule has 6 heteroatoms. The van der Waals surface area contributed by atoms with Gasteiger partial charge in [-0.3, -0.25) is 4.79 Å². The highest BCUT2D eigenvalue weighted by molar-refractivity contribution is 5.94. The summed E-state index contributed by atoms with van der Waals surface area (Å²) in [5, 5.41) is 5.87. The van der Waals surface area contributed by atoms with Crippen molar-refractivity contribution in [2.45, 2.75) is 6.92 Å². The second-order valence-corrected chi connectivity index (χ2v) is 4.42. The summed E-state index contributed by atoms with van der Waals surface area (Å²) in [5.74, 6) is 0.902. The molecule has 0 aliphatic heterocycles. The minimum Gasteiger partial charge on any atom is -0.481 e. The van der Waals surface area contributed by atoms with E-state index in [1.54, 1.807) is 25.3 Å². The van der Waals surface area contributed by atoms with E-state index in [0.717, 1.165) is 5.69 Å². The molecular formula is C15H18N4O2. The average molecular weight is 286 g/mol. The van der Waals surface area contributed by atoms with E-state index < -0.39 is 0 Å². The summed E-state index contributed by atoms with van der Waals surface area (Å²) < 4.78 is 5.08. The van der Waals surface area contributed by atoms with Crippen molar-refractivity contribution in [3.8, 4) is 5.88 Å². The molecule has 0 saturated carbocycles. The second kappa shape index (κ2) is 7.23. The van der Waals surface area contributed by atoms with E-state index in [-0.39, 0.29) is 5.91 Å². The maximum atomic E-state index is 11.8. The number of hydrogen-bond donors (Lipinski definition) is 2. The molecule has 0 atom stereocenters. The van der Waals surface area contributed by atoms with E-state index in [2.05, 4.69) is 20.6 Å². The van der Waals surface area contributed by atoms with E-state index in [9.17, 15) is 4.79 Å². The molecule has 0 saturated heterocycles. The fraction of sp³-hybridized carbons (Fsp3) is 0.267. The van der Waals surface area contributed by atoms with Crippen LogP contribution in [0.15, 0.2) is 36.4 Å². The number of ether oxygens (including phenoxy) is 1. The van der Waals surface area contributed by atoms with Crippen molar-refractivity contribution >= 4 is 11.9 Å². The summed E-state index contributed by atoms with van der Waals surface area (Å²) in [6.07, 6.45) is 0. The molecule has 6 nitrogen and oxygen atoms in total. The summed E-state index contributed by atoms with van der Waals surface area (Å²) in [7, 11) is 1.56. The first-order chi connectivity index (χ1) is 10.2. The first-order valence-corrected chi connectivity index (χ1v) is 6.66. The monoisotopic (exact) mass is 286 g/mol. The van der Waals surface area contributed by atoms with Gasteiger partial charge >= 0.3 is 0 Å². The third-order valence-electron chi connectivity index (χ3n) is 2.77. The van der Waals surface area contributed by atoms with Crippen molar-refractivity contribution in [3.63, 3.8) is 0 Å². The molecule has 1 aromatic heterocycles.